The number of aromatic nitrogens is 2. The SMILES string of the molecule is CCS(=O)(=O)N1CCC(C(=O)N(C)CCCCCc2cc(-c3cccc(F)c3)n[nH]2)CC1. The zero-order valence-corrected chi connectivity index (χ0v) is 19.7. The lowest BCUT2D eigenvalue weighted by Gasteiger charge is -2.32. The molecule has 0 unspecified atom stereocenters. The number of unbranched alkanes of at least 4 members (excludes halogenated alkanes) is 2. The molecule has 1 aromatic carbocycles. The maximum Gasteiger partial charge on any atom is 0.225 e. The second kappa shape index (κ2) is 11.0. The molecule has 0 bridgehead atoms. The third kappa shape index (κ3) is 6.38. The van der Waals surface area contributed by atoms with E-state index in [1.807, 2.05) is 19.2 Å². The van der Waals surface area contributed by atoms with Gasteiger partial charge >= 0.3 is 0 Å². The standard InChI is InChI=1S/C23H33FN4O3S/c1-3-32(30,31)28-14-11-18(12-15-28)23(29)27(2)13-6-4-5-10-21-17-22(26-25-21)19-8-7-9-20(24)16-19/h7-9,16-18H,3-6,10-15H2,1-2H3,(H,25,26). The molecule has 1 aliphatic rings. The van der Waals surface area contributed by atoms with Crippen LogP contribution in [-0.4, -0.2) is 66.2 Å². The third-order valence-electron chi connectivity index (χ3n) is 6.13. The number of benzene rings is 1. The van der Waals surface area contributed by atoms with Gasteiger partial charge in [0.25, 0.3) is 0 Å². The minimum atomic E-state index is -3.17. The van der Waals surface area contributed by atoms with Crippen molar-refractivity contribution < 1.29 is 17.6 Å². The van der Waals surface area contributed by atoms with Crippen molar-refractivity contribution in [3.63, 3.8) is 0 Å². The van der Waals surface area contributed by atoms with E-state index < -0.39 is 10.0 Å². The number of hydrogen-bond donors (Lipinski definition) is 1. The summed E-state index contributed by atoms with van der Waals surface area (Å²) in [6.45, 7) is 3.21. The number of carbonyl (C=O) groups is 1. The van der Waals surface area contributed by atoms with Crippen LogP contribution >= 0.6 is 0 Å². The predicted molar refractivity (Wildman–Crippen MR) is 123 cm³/mol. The Hall–Kier alpha value is -2.26. The average molecular weight is 465 g/mol. The molecule has 1 aromatic heterocycles. The van der Waals surface area contributed by atoms with Gasteiger partial charge in [0.1, 0.15) is 5.82 Å². The Morgan fingerprint density at radius 1 is 1.22 bits per heavy atom. The number of aryl methyl sites for hydroxylation is 1. The minimum Gasteiger partial charge on any atom is -0.346 e. The molecule has 0 atom stereocenters. The highest BCUT2D eigenvalue weighted by atomic mass is 32.2. The molecular weight excluding hydrogens is 431 g/mol. The van der Waals surface area contributed by atoms with E-state index in [9.17, 15) is 17.6 Å². The number of amides is 1. The lowest BCUT2D eigenvalue weighted by atomic mass is 9.96. The van der Waals surface area contributed by atoms with Crippen molar-refractivity contribution in [1.29, 1.82) is 0 Å². The van der Waals surface area contributed by atoms with Crippen LogP contribution in [0.4, 0.5) is 4.39 Å². The summed E-state index contributed by atoms with van der Waals surface area (Å²) in [6, 6.07) is 8.35. The van der Waals surface area contributed by atoms with Crippen LogP contribution in [0, 0.1) is 11.7 Å². The van der Waals surface area contributed by atoms with Crippen LogP contribution in [0.3, 0.4) is 0 Å². The smallest absolute Gasteiger partial charge is 0.225 e. The highest BCUT2D eigenvalue weighted by Gasteiger charge is 2.31. The normalized spacial score (nSPS) is 15.7. The molecule has 0 aliphatic carbocycles. The first-order valence-electron chi connectivity index (χ1n) is 11.3. The van der Waals surface area contributed by atoms with Gasteiger partial charge in [-0.1, -0.05) is 18.6 Å². The zero-order valence-electron chi connectivity index (χ0n) is 18.9. The summed E-state index contributed by atoms with van der Waals surface area (Å²) >= 11 is 0. The number of rotatable bonds is 10. The molecule has 176 valence electrons. The van der Waals surface area contributed by atoms with Gasteiger partial charge in [-0.05, 0) is 57.2 Å². The molecule has 1 amide bonds. The van der Waals surface area contributed by atoms with Crippen LogP contribution in [0.15, 0.2) is 30.3 Å². The van der Waals surface area contributed by atoms with Gasteiger partial charge in [0, 0.05) is 43.9 Å². The maximum absolute atomic E-state index is 13.4. The Morgan fingerprint density at radius 3 is 2.66 bits per heavy atom. The minimum absolute atomic E-state index is 0.0884. The molecule has 2 heterocycles. The van der Waals surface area contributed by atoms with Crippen molar-refractivity contribution in [2.24, 2.45) is 5.92 Å². The topological polar surface area (TPSA) is 86.4 Å². The van der Waals surface area contributed by atoms with Gasteiger partial charge < -0.3 is 4.90 Å². The Labute approximate surface area is 190 Å². The molecule has 3 rings (SSSR count). The molecule has 1 saturated heterocycles. The molecule has 1 aliphatic heterocycles. The number of nitrogens with one attached hydrogen (secondary N) is 1. The first kappa shape index (κ1) is 24.4. The average Bonchev–Trinajstić information content (AvgIpc) is 3.27. The van der Waals surface area contributed by atoms with E-state index in [0.29, 0.717) is 32.5 Å². The van der Waals surface area contributed by atoms with Crippen molar-refractivity contribution in [1.82, 2.24) is 19.4 Å². The van der Waals surface area contributed by atoms with E-state index in [1.165, 1.54) is 16.4 Å². The predicted octanol–water partition coefficient (Wildman–Crippen LogP) is 3.45. The van der Waals surface area contributed by atoms with E-state index in [2.05, 4.69) is 10.2 Å². The molecule has 1 fully saturated rings. The third-order valence-corrected chi connectivity index (χ3v) is 8.01. The largest absolute Gasteiger partial charge is 0.346 e. The van der Waals surface area contributed by atoms with Gasteiger partial charge in [-0.15, -0.1) is 0 Å². The van der Waals surface area contributed by atoms with Crippen LogP contribution in [0.2, 0.25) is 0 Å². The summed E-state index contributed by atoms with van der Waals surface area (Å²) in [4.78, 5) is 14.5. The fraction of sp³-hybridized carbons (Fsp3) is 0.565. The van der Waals surface area contributed by atoms with Gasteiger partial charge in [-0.25, -0.2) is 17.1 Å². The van der Waals surface area contributed by atoms with E-state index in [-0.39, 0.29) is 23.4 Å². The fourth-order valence-corrected chi connectivity index (χ4v) is 5.24. The highest BCUT2D eigenvalue weighted by molar-refractivity contribution is 7.89. The van der Waals surface area contributed by atoms with E-state index >= 15 is 0 Å². The van der Waals surface area contributed by atoms with E-state index in [0.717, 1.165) is 42.6 Å². The highest BCUT2D eigenvalue weighted by Crippen LogP contribution is 2.22. The number of carbonyl (C=O) groups excluding carboxylic acids is 1. The van der Waals surface area contributed by atoms with Crippen LogP contribution in [0.25, 0.3) is 11.3 Å². The molecule has 0 saturated carbocycles. The van der Waals surface area contributed by atoms with Crippen molar-refractivity contribution in [3.05, 3.63) is 41.8 Å². The Bertz CT molecular complexity index is 1000. The molecule has 7 nitrogen and oxygen atoms in total. The Balaban J connectivity index is 1.35. The first-order valence-corrected chi connectivity index (χ1v) is 12.9. The molecule has 1 N–H and O–H groups in total. The number of H-pyrrole nitrogens is 1. The quantitative estimate of drug-likeness (QED) is 0.546. The molecule has 2 aromatic rings. The lowest BCUT2D eigenvalue weighted by Crippen LogP contribution is -2.44. The number of hydrogen-bond acceptors (Lipinski definition) is 4. The van der Waals surface area contributed by atoms with Crippen LogP contribution in [-0.2, 0) is 21.2 Å². The first-order chi connectivity index (χ1) is 15.3. The molecule has 32 heavy (non-hydrogen) atoms. The maximum atomic E-state index is 13.4. The van der Waals surface area contributed by atoms with Crippen molar-refractivity contribution in [3.8, 4) is 11.3 Å². The second-order valence-corrected chi connectivity index (χ2v) is 10.7. The Morgan fingerprint density at radius 2 is 1.97 bits per heavy atom. The summed E-state index contributed by atoms with van der Waals surface area (Å²) in [5.74, 6) is -0.139. The monoisotopic (exact) mass is 464 g/mol. The summed E-state index contributed by atoms with van der Waals surface area (Å²) in [7, 11) is -1.33. The van der Waals surface area contributed by atoms with Gasteiger partial charge in [0.2, 0.25) is 15.9 Å². The molecular formula is C23H33FN4O3S. The summed E-state index contributed by atoms with van der Waals surface area (Å²) < 4.78 is 38.8. The summed E-state index contributed by atoms with van der Waals surface area (Å²) in [5, 5.41) is 7.29. The number of nitrogens with zero attached hydrogens (tertiary/aromatic N) is 3. The molecule has 0 spiro atoms. The van der Waals surface area contributed by atoms with Gasteiger partial charge in [0.05, 0.1) is 11.4 Å². The van der Waals surface area contributed by atoms with E-state index in [4.69, 9.17) is 0 Å². The van der Waals surface area contributed by atoms with E-state index in [1.54, 1.807) is 17.9 Å². The van der Waals surface area contributed by atoms with Crippen molar-refractivity contribution in [2.45, 2.75) is 45.4 Å². The number of sulfonamides is 1. The van der Waals surface area contributed by atoms with Crippen LogP contribution < -0.4 is 0 Å². The second-order valence-electron chi connectivity index (χ2n) is 8.43. The van der Waals surface area contributed by atoms with Crippen molar-refractivity contribution in [2.75, 3.05) is 32.4 Å². The number of halogens is 1. The number of piperidine rings is 1. The van der Waals surface area contributed by atoms with Gasteiger partial charge in [-0.3, -0.25) is 9.89 Å². The van der Waals surface area contributed by atoms with Gasteiger partial charge in [0.15, 0.2) is 0 Å². The van der Waals surface area contributed by atoms with Gasteiger partial charge in [-0.2, -0.15) is 5.10 Å². The zero-order chi connectivity index (χ0) is 23.1. The number of aromatic amines is 1. The van der Waals surface area contributed by atoms with Crippen molar-refractivity contribution >= 4 is 15.9 Å². The fourth-order valence-electron chi connectivity index (χ4n) is 4.11. The molecule has 9 heteroatoms. The van der Waals surface area contributed by atoms with Crippen LogP contribution in [0.5, 0.6) is 0 Å². The van der Waals surface area contributed by atoms with Crippen LogP contribution in [0.1, 0.15) is 44.7 Å². The summed E-state index contributed by atoms with van der Waals surface area (Å²) in [6.07, 6.45) is 4.91. The molecule has 0 radical (unpaired) electrons. The lowest BCUT2D eigenvalue weighted by molar-refractivity contribution is -0.135. The summed E-state index contributed by atoms with van der Waals surface area (Å²) in [5.41, 5.74) is 2.51. The Kier molecular flexibility index (Phi) is 8.42.